The van der Waals surface area contributed by atoms with Crippen LogP contribution < -0.4 is 4.74 Å². The van der Waals surface area contributed by atoms with E-state index >= 15 is 0 Å². The van der Waals surface area contributed by atoms with Crippen molar-refractivity contribution in [3.8, 4) is 5.75 Å². The fourth-order valence-corrected chi connectivity index (χ4v) is 3.19. The predicted molar refractivity (Wildman–Crippen MR) is 84.8 cm³/mol. The van der Waals surface area contributed by atoms with Crippen molar-refractivity contribution in [2.75, 3.05) is 7.11 Å². The molecule has 0 heterocycles. The van der Waals surface area contributed by atoms with Crippen LogP contribution >= 0.6 is 39.1 Å². The van der Waals surface area contributed by atoms with E-state index in [9.17, 15) is 0 Å². The van der Waals surface area contributed by atoms with Crippen LogP contribution in [0.4, 0.5) is 0 Å². The fraction of sp³-hybridized carbons (Fsp3) is 0.200. The van der Waals surface area contributed by atoms with Gasteiger partial charge in [-0.3, -0.25) is 0 Å². The monoisotopic (exact) mass is 358 g/mol. The molecule has 0 bridgehead atoms. The molecule has 0 aliphatic carbocycles. The average molecular weight is 360 g/mol. The molecule has 4 heteroatoms. The Morgan fingerprint density at radius 3 is 2.68 bits per heavy atom. The van der Waals surface area contributed by atoms with Gasteiger partial charge >= 0.3 is 0 Å². The molecule has 0 saturated heterocycles. The van der Waals surface area contributed by atoms with Gasteiger partial charge in [0.25, 0.3) is 0 Å². The highest BCUT2D eigenvalue weighted by molar-refractivity contribution is 9.09. The number of benzene rings is 2. The number of methoxy groups -OCH3 is 1. The molecule has 0 saturated carbocycles. The molecule has 0 aliphatic heterocycles. The minimum absolute atomic E-state index is 0.116. The predicted octanol–water partition coefficient (Wildman–Crippen LogP) is 5.68. The largest absolute Gasteiger partial charge is 0.497 e. The minimum Gasteiger partial charge on any atom is -0.497 e. The van der Waals surface area contributed by atoms with Crippen molar-refractivity contribution >= 4 is 39.1 Å². The van der Waals surface area contributed by atoms with Gasteiger partial charge in [-0.2, -0.15) is 0 Å². The lowest BCUT2D eigenvalue weighted by Crippen LogP contribution is -1.97. The maximum absolute atomic E-state index is 6.20. The van der Waals surface area contributed by atoms with Gasteiger partial charge in [0.2, 0.25) is 0 Å². The summed E-state index contributed by atoms with van der Waals surface area (Å²) in [6.07, 6.45) is 0.817. The second-order valence-corrected chi connectivity index (χ2v) is 6.14. The number of rotatable bonds is 4. The SMILES string of the molecule is COc1cccc(CC(Br)c2cc(Cl)ccc2Cl)c1. The Morgan fingerprint density at radius 1 is 1.16 bits per heavy atom. The summed E-state index contributed by atoms with van der Waals surface area (Å²) in [5.74, 6) is 0.856. The molecule has 1 atom stereocenters. The zero-order valence-electron chi connectivity index (χ0n) is 10.4. The molecule has 0 spiro atoms. The van der Waals surface area contributed by atoms with E-state index in [0.29, 0.717) is 10.0 Å². The van der Waals surface area contributed by atoms with Gasteiger partial charge in [-0.1, -0.05) is 51.3 Å². The standard InChI is InChI=1S/C15H13BrCl2O/c1-19-12-4-2-3-10(7-12)8-14(16)13-9-11(17)5-6-15(13)18/h2-7,9,14H,8H2,1H3. The van der Waals surface area contributed by atoms with Crippen LogP contribution in [0.2, 0.25) is 10.0 Å². The van der Waals surface area contributed by atoms with E-state index in [-0.39, 0.29) is 4.83 Å². The van der Waals surface area contributed by atoms with Crippen molar-refractivity contribution in [1.29, 1.82) is 0 Å². The molecule has 1 nitrogen and oxygen atoms in total. The molecular weight excluding hydrogens is 347 g/mol. The first kappa shape index (κ1) is 14.7. The van der Waals surface area contributed by atoms with Crippen molar-refractivity contribution in [3.63, 3.8) is 0 Å². The molecule has 2 rings (SSSR count). The van der Waals surface area contributed by atoms with Gasteiger partial charge in [-0.05, 0) is 47.9 Å². The van der Waals surface area contributed by atoms with Crippen molar-refractivity contribution < 1.29 is 4.74 Å². The van der Waals surface area contributed by atoms with Crippen LogP contribution in [0.3, 0.4) is 0 Å². The van der Waals surface area contributed by atoms with E-state index in [1.807, 2.05) is 30.3 Å². The Kier molecular flexibility index (Phi) is 5.14. The maximum Gasteiger partial charge on any atom is 0.119 e. The number of halogens is 3. The molecule has 1 unspecified atom stereocenters. The normalized spacial score (nSPS) is 12.2. The lowest BCUT2D eigenvalue weighted by Gasteiger charge is -2.13. The topological polar surface area (TPSA) is 9.23 Å². The van der Waals surface area contributed by atoms with E-state index in [1.165, 1.54) is 5.56 Å². The highest BCUT2D eigenvalue weighted by Gasteiger charge is 2.13. The molecule has 0 amide bonds. The minimum atomic E-state index is 0.116. The molecule has 0 aromatic heterocycles. The first-order chi connectivity index (χ1) is 9.10. The Morgan fingerprint density at radius 2 is 1.95 bits per heavy atom. The highest BCUT2D eigenvalue weighted by Crippen LogP contribution is 2.34. The number of ether oxygens (including phenoxy) is 1. The average Bonchev–Trinajstić information content (AvgIpc) is 2.41. The maximum atomic E-state index is 6.20. The number of alkyl halides is 1. The summed E-state index contributed by atoms with van der Waals surface area (Å²) >= 11 is 15.9. The third-order valence-electron chi connectivity index (χ3n) is 2.84. The van der Waals surface area contributed by atoms with Crippen molar-refractivity contribution in [2.24, 2.45) is 0 Å². The lowest BCUT2D eigenvalue weighted by molar-refractivity contribution is 0.414. The van der Waals surface area contributed by atoms with Crippen LogP contribution in [0.1, 0.15) is 16.0 Å². The van der Waals surface area contributed by atoms with Crippen molar-refractivity contribution in [2.45, 2.75) is 11.2 Å². The van der Waals surface area contributed by atoms with E-state index in [1.54, 1.807) is 13.2 Å². The second-order valence-electron chi connectivity index (χ2n) is 4.19. The molecular formula is C15H13BrCl2O. The van der Waals surface area contributed by atoms with Crippen molar-refractivity contribution in [3.05, 3.63) is 63.6 Å². The Bertz CT molecular complexity index is 572. The van der Waals surface area contributed by atoms with E-state index < -0.39 is 0 Å². The Labute approximate surface area is 131 Å². The first-order valence-corrected chi connectivity index (χ1v) is 7.49. The first-order valence-electron chi connectivity index (χ1n) is 5.82. The summed E-state index contributed by atoms with van der Waals surface area (Å²) in [6.45, 7) is 0. The van der Waals surface area contributed by atoms with Gasteiger partial charge in [-0.15, -0.1) is 0 Å². The van der Waals surface area contributed by atoms with Gasteiger partial charge < -0.3 is 4.74 Å². The van der Waals surface area contributed by atoms with Gasteiger partial charge in [0, 0.05) is 14.9 Å². The summed E-state index contributed by atoms with van der Waals surface area (Å²) in [4.78, 5) is 0.116. The molecule has 0 radical (unpaired) electrons. The fourth-order valence-electron chi connectivity index (χ4n) is 1.87. The van der Waals surface area contributed by atoms with Gasteiger partial charge in [0.05, 0.1) is 7.11 Å². The van der Waals surface area contributed by atoms with Crippen LogP contribution in [0.15, 0.2) is 42.5 Å². The van der Waals surface area contributed by atoms with Gasteiger partial charge in [-0.25, -0.2) is 0 Å². The van der Waals surface area contributed by atoms with Crippen LogP contribution in [-0.4, -0.2) is 7.11 Å². The zero-order chi connectivity index (χ0) is 13.8. The smallest absolute Gasteiger partial charge is 0.119 e. The van der Waals surface area contributed by atoms with Crippen LogP contribution in [0, 0.1) is 0 Å². The summed E-state index contributed by atoms with van der Waals surface area (Å²) in [5, 5.41) is 1.41. The third kappa shape index (κ3) is 3.88. The Hall–Kier alpha value is -0.700. The second kappa shape index (κ2) is 6.65. The van der Waals surface area contributed by atoms with Crippen LogP contribution in [0.25, 0.3) is 0 Å². The summed E-state index contributed by atoms with van der Waals surface area (Å²) in [7, 11) is 1.67. The molecule has 19 heavy (non-hydrogen) atoms. The number of hydrogen-bond donors (Lipinski definition) is 0. The van der Waals surface area contributed by atoms with E-state index in [0.717, 1.165) is 17.7 Å². The Balaban J connectivity index is 2.20. The third-order valence-corrected chi connectivity index (χ3v) is 4.24. The summed E-state index contributed by atoms with van der Waals surface area (Å²) < 4.78 is 5.22. The van der Waals surface area contributed by atoms with Gasteiger partial charge in [0.15, 0.2) is 0 Å². The van der Waals surface area contributed by atoms with Crippen LogP contribution in [0.5, 0.6) is 5.75 Å². The van der Waals surface area contributed by atoms with Crippen molar-refractivity contribution in [1.82, 2.24) is 0 Å². The summed E-state index contributed by atoms with van der Waals surface area (Å²) in [6, 6.07) is 13.5. The van der Waals surface area contributed by atoms with E-state index in [4.69, 9.17) is 27.9 Å². The highest BCUT2D eigenvalue weighted by atomic mass is 79.9. The van der Waals surface area contributed by atoms with Crippen LogP contribution in [-0.2, 0) is 6.42 Å². The van der Waals surface area contributed by atoms with Gasteiger partial charge in [0.1, 0.15) is 5.75 Å². The summed E-state index contributed by atoms with van der Waals surface area (Å²) in [5.41, 5.74) is 2.18. The molecule has 0 fully saturated rings. The number of hydrogen-bond acceptors (Lipinski definition) is 1. The van der Waals surface area contributed by atoms with E-state index in [2.05, 4.69) is 22.0 Å². The zero-order valence-corrected chi connectivity index (χ0v) is 13.5. The molecule has 0 aliphatic rings. The molecule has 0 N–H and O–H groups in total. The molecule has 100 valence electrons. The lowest BCUT2D eigenvalue weighted by atomic mass is 10.0. The molecule has 2 aromatic carbocycles. The molecule has 2 aromatic rings. The quantitative estimate of drug-likeness (QED) is 0.638.